The van der Waals surface area contributed by atoms with Crippen molar-refractivity contribution in [3.8, 4) is 6.07 Å². The zero-order valence-electron chi connectivity index (χ0n) is 12.3. The van der Waals surface area contributed by atoms with E-state index in [1.165, 1.54) is 0 Å². The van der Waals surface area contributed by atoms with E-state index in [4.69, 9.17) is 16.3 Å². The molecule has 0 fully saturated rings. The summed E-state index contributed by atoms with van der Waals surface area (Å²) in [5.74, 6) is -0.440. The van der Waals surface area contributed by atoms with Crippen molar-refractivity contribution in [3.05, 3.63) is 70.7 Å². The van der Waals surface area contributed by atoms with Gasteiger partial charge in [0.15, 0.2) is 0 Å². The molecule has 0 aliphatic rings. The van der Waals surface area contributed by atoms with Gasteiger partial charge in [-0.1, -0.05) is 54.1 Å². The van der Waals surface area contributed by atoms with Crippen LogP contribution in [0, 0.1) is 11.3 Å². The van der Waals surface area contributed by atoms with E-state index in [1.807, 2.05) is 30.3 Å². The van der Waals surface area contributed by atoms with E-state index in [1.54, 1.807) is 31.2 Å². The molecule has 4 heteroatoms. The van der Waals surface area contributed by atoms with Crippen LogP contribution in [-0.2, 0) is 14.9 Å². The van der Waals surface area contributed by atoms with E-state index in [0.29, 0.717) is 10.6 Å². The quantitative estimate of drug-likeness (QED) is 0.781. The summed E-state index contributed by atoms with van der Waals surface area (Å²) in [7, 11) is 0. The number of carbonyl (C=O) groups is 1. The van der Waals surface area contributed by atoms with Crippen molar-refractivity contribution in [3.63, 3.8) is 0 Å². The molecule has 3 nitrogen and oxygen atoms in total. The van der Waals surface area contributed by atoms with Crippen molar-refractivity contribution in [2.45, 2.75) is 18.8 Å². The van der Waals surface area contributed by atoms with Crippen LogP contribution in [0.3, 0.4) is 0 Å². The summed E-state index contributed by atoms with van der Waals surface area (Å²) >= 11 is 6.09. The van der Waals surface area contributed by atoms with Crippen molar-refractivity contribution in [1.29, 1.82) is 5.26 Å². The molecule has 2 aromatic carbocycles. The van der Waals surface area contributed by atoms with Crippen LogP contribution in [0.1, 0.15) is 24.5 Å². The molecule has 2 aromatic rings. The summed E-state index contributed by atoms with van der Waals surface area (Å²) in [5, 5.41) is 9.83. The van der Waals surface area contributed by atoms with Gasteiger partial charge in [-0.15, -0.1) is 0 Å². The summed E-state index contributed by atoms with van der Waals surface area (Å²) in [6, 6.07) is 18.3. The fourth-order valence-corrected chi connectivity index (χ4v) is 2.72. The first-order chi connectivity index (χ1) is 10.6. The zero-order valence-corrected chi connectivity index (χ0v) is 13.0. The lowest BCUT2D eigenvalue weighted by molar-refractivity contribution is -0.148. The standard InChI is InChI=1S/C18H16ClNO2/c1-2-22-17(21)18(11-12-20,14-7-4-3-5-8-14)15-9-6-10-16(19)13-15/h3-10,13H,2,11H2,1H3. The van der Waals surface area contributed by atoms with Crippen molar-refractivity contribution in [2.24, 2.45) is 0 Å². The zero-order chi connectivity index (χ0) is 16.0. The number of rotatable bonds is 5. The maximum absolute atomic E-state index is 12.8. The van der Waals surface area contributed by atoms with Crippen molar-refractivity contribution < 1.29 is 9.53 Å². The third kappa shape index (κ3) is 2.98. The molecule has 0 N–H and O–H groups in total. The van der Waals surface area contributed by atoms with Gasteiger partial charge in [0.2, 0.25) is 0 Å². The number of carbonyl (C=O) groups excluding carboxylic acids is 1. The molecule has 1 unspecified atom stereocenters. The van der Waals surface area contributed by atoms with E-state index >= 15 is 0 Å². The van der Waals surface area contributed by atoms with Gasteiger partial charge < -0.3 is 4.74 Å². The first-order valence-electron chi connectivity index (χ1n) is 7.01. The molecule has 1 atom stereocenters. The highest BCUT2D eigenvalue weighted by Crippen LogP contribution is 2.38. The summed E-state index contributed by atoms with van der Waals surface area (Å²) in [6.07, 6.45) is -0.0177. The van der Waals surface area contributed by atoms with Gasteiger partial charge in [-0.2, -0.15) is 5.26 Å². The molecular formula is C18H16ClNO2. The molecule has 22 heavy (non-hydrogen) atoms. The predicted octanol–water partition coefficient (Wildman–Crippen LogP) is 4.10. The largest absolute Gasteiger partial charge is 0.465 e. The van der Waals surface area contributed by atoms with Crippen LogP contribution in [0.5, 0.6) is 0 Å². The van der Waals surface area contributed by atoms with Gasteiger partial charge in [-0.05, 0) is 30.2 Å². The molecule has 0 spiro atoms. The number of ether oxygens (including phenoxy) is 1. The average molecular weight is 314 g/mol. The van der Waals surface area contributed by atoms with Crippen LogP contribution in [0.4, 0.5) is 0 Å². The second-order valence-electron chi connectivity index (χ2n) is 4.84. The Morgan fingerprint density at radius 2 is 1.86 bits per heavy atom. The molecule has 0 saturated carbocycles. The summed E-state index contributed by atoms with van der Waals surface area (Å²) in [5.41, 5.74) is 0.208. The number of hydrogen-bond acceptors (Lipinski definition) is 3. The Kier molecular flexibility index (Phi) is 5.19. The smallest absolute Gasteiger partial charge is 0.322 e. The molecule has 0 bridgehead atoms. The second kappa shape index (κ2) is 7.11. The van der Waals surface area contributed by atoms with Crippen molar-refractivity contribution >= 4 is 17.6 Å². The van der Waals surface area contributed by atoms with Crippen LogP contribution in [0.15, 0.2) is 54.6 Å². The van der Waals surface area contributed by atoms with Crippen LogP contribution >= 0.6 is 11.6 Å². The number of nitriles is 1. The Morgan fingerprint density at radius 3 is 2.45 bits per heavy atom. The number of halogens is 1. The highest BCUT2D eigenvalue weighted by Gasteiger charge is 2.43. The van der Waals surface area contributed by atoms with Gasteiger partial charge in [0.25, 0.3) is 0 Å². The monoisotopic (exact) mass is 313 g/mol. The molecule has 0 saturated heterocycles. The molecule has 2 rings (SSSR count). The van der Waals surface area contributed by atoms with Crippen molar-refractivity contribution in [2.75, 3.05) is 6.61 Å². The van der Waals surface area contributed by atoms with Crippen LogP contribution in [0.2, 0.25) is 5.02 Å². The lowest BCUT2D eigenvalue weighted by Crippen LogP contribution is -2.38. The fourth-order valence-electron chi connectivity index (χ4n) is 2.53. The number of esters is 1. The van der Waals surface area contributed by atoms with Gasteiger partial charge >= 0.3 is 5.97 Å². The number of hydrogen-bond donors (Lipinski definition) is 0. The molecular weight excluding hydrogens is 298 g/mol. The molecule has 0 amide bonds. The Balaban J connectivity index is 2.71. The second-order valence-corrected chi connectivity index (χ2v) is 5.27. The van der Waals surface area contributed by atoms with Gasteiger partial charge in [0.05, 0.1) is 19.1 Å². The summed E-state index contributed by atoms with van der Waals surface area (Å²) in [6.45, 7) is 2.00. The van der Waals surface area contributed by atoms with Gasteiger partial charge in [0.1, 0.15) is 5.41 Å². The third-order valence-corrected chi connectivity index (χ3v) is 3.79. The van der Waals surface area contributed by atoms with Crippen LogP contribution < -0.4 is 0 Å². The fraction of sp³-hybridized carbons (Fsp3) is 0.222. The normalized spacial score (nSPS) is 13.0. The minimum absolute atomic E-state index is 0.0177. The topological polar surface area (TPSA) is 50.1 Å². The first-order valence-corrected chi connectivity index (χ1v) is 7.38. The maximum atomic E-state index is 12.8. The van der Waals surface area contributed by atoms with E-state index in [2.05, 4.69) is 6.07 Å². The summed E-state index contributed by atoms with van der Waals surface area (Å²) in [4.78, 5) is 12.8. The Labute approximate surface area is 135 Å². The van der Waals surface area contributed by atoms with E-state index in [0.717, 1.165) is 5.56 Å². The minimum Gasteiger partial charge on any atom is -0.465 e. The Morgan fingerprint density at radius 1 is 1.18 bits per heavy atom. The first kappa shape index (κ1) is 16.1. The molecule has 112 valence electrons. The number of benzene rings is 2. The van der Waals surface area contributed by atoms with Gasteiger partial charge in [-0.3, -0.25) is 4.79 Å². The van der Waals surface area contributed by atoms with Crippen LogP contribution in [0.25, 0.3) is 0 Å². The lowest BCUT2D eigenvalue weighted by Gasteiger charge is -2.30. The Hall–Kier alpha value is -2.31. The summed E-state index contributed by atoms with van der Waals surface area (Å²) < 4.78 is 5.28. The lowest BCUT2D eigenvalue weighted by atomic mass is 9.72. The minimum atomic E-state index is -1.17. The predicted molar refractivity (Wildman–Crippen MR) is 85.5 cm³/mol. The maximum Gasteiger partial charge on any atom is 0.322 e. The van der Waals surface area contributed by atoms with Gasteiger partial charge in [-0.25, -0.2) is 0 Å². The molecule has 0 aliphatic heterocycles. The van der Waals surface area contributed by atoms with Gasteiger partial charge in [0, 0.05) is 5.02 Å². The van der Waals surface area contributed by atoms with Crippen LogP contribution in [-0.4, -0.2) is 12.6 Å². The average Bonchev–Trinajstić information content (AvgIpc) is 2.53. The molecule has 0 aliphatic carbocycles. The van der Waals surface area contributed by atoms with E-state index in [9.17, 15) is 10.1 Å². The third-order valence-electron chi connectivity index (χ3n) is 3.55. The van der Waals surface area contributed by atoms with E-state index < -0.39 is 11.4 Å². The molecule has 0 radical (unpaired) electrons. The highest BCUT2D eigenvalue weighted by molar-refractivity contribution is 6.30. The Bertz CT molecular complexity index is 694. The number of nitrogens with zero attached hydrogens (tertiary/aromatic N) is 1. The van der Waals surface area contributed by atoms with E-state index in [-0.39, 0.29) is 13.0 Å². The SMILES string of the molecule is CCOC(=O)C(CC#N)(c1ccccc1)c1cccc(Cl)c1. The van der Waals surface area contributed by atoms with Crippen molar-refractivity contribution in [1.82, 2.24) is 0 Å². The molecule has 0 heterocycles. The highest BCUT2D eigenvalue weighted by atomic mass is 35.5. The molecule has 0 aromatic heterocycles.